The number of pyridine rings is 1. The molecule has 1 fully saturated rings. The van der Waals surface area contributed by atoms with Gasteiger partial charge in [-0.1, -0.05) is 6.07 Å². The van der Waals surface area contributed by atoms with Crippen molar-refractivity contribution in [3.8, 4) is 0 Å². The third-order valence-electron chi connectivity index (χ3n) is 4.26. The Morgan fingerprint density at radius 3 is 3.00 bits per heavy atom. The lowest BCUT2D eigenvalue weighted by Crippen LogP contribution is -2.36. The average Bonchev–Trinajstić information content (AvgIpc) is 2.53. The topological polar surface area (TPSA) is 56.7 Å². The molecule has 2 rings (SSSR count). The number of rotatable bonds is 6. The molecule has 2 heterocycles. The lowest BCUT2D eigenvalue weighted by atomic mass is 9.94. The summed E-state index contributed by atoms with van der Waals surface area (Å²) in [5.74, 6) is 0.573. The lowest BCUT2D eigenvalue weighted by Gasteiger charge is -2.32. The van der Waals surface area contributed by atoms with Crippen LogP contribution in [0.15, 0.2) is 18.2 Å². The molecule has 1 N–H and O–H groups in total. The number of carbonyl (C=O) groups is 1. The van der Waals surface area contributed by atoms with Crippen LogP contribution in [0, 0.1) is 0 Å². The highest BCUT2D eigenvalue weighted by atomic mass is 16.3. The van der Waals surface area contributed by atoms with Crippen LogP contribution in [0.25, 0.3) is 0 Å². The van der Waals surface area contributed by atoms with E-state index in [4.69, 9.17) is 10.1 Å². The highest BCUT2D eigenvalue weighted by Gasteiger charge is 2.22. The number of hydrogen-bond acceptors (Lipinski definition) is 4. The molecule has 1 amide bonds. The third kappa shape index (κ3) is 4.78. The highest BCUT2D eigenvalue weighted by molar-refractivity contribution is 5.75. The summed E-state index contributed by atoms with van der Waals surface area (Å²) in [6.45, 7) is 2.99. The Hall–Kier alpha value is -1.46. The molecule has 122 valence electrons. The van der Waals surface area contributed by atoms with Gasteiger partial charge in [0.1, 0.15) is 0 Å². The third-order valence-corrected chi connectivity index (χ3v) is 4.26. The van der Waals surface area contributed by atoms with Crippen molar-refractivity contribution < 1.29 is 9.90 Å². The second kappa shape index (κ2) is 8.25. The first kappa shape index (κ1) is 16.9. The van der Waals surface area contributed by atoms with Crippen LogP contribution in [0.4, 0.5) is 0 Å². The van der Waals surface area contributed by atoms with E-state index in [1.807, 2.05) is 12.1 Å². The number of β-amino-alcohol motifs (C(OH)–C–C–N with tert-alkyl or cyclic N) is 1. The smallest absolute Gasteiger partial charge is 0.222 e. The van der Waals surface area contributed by atoms with E-state index in [0.717, 1.165) is 43.9 Å². The van der Waals surface area contributed by atoms with Crippen molar-refractivity contribution >= 4 is 5.91 Å². The Balaban J connectivity index is 1.97. The summed E-state index contributed by atoms with van der Waals surface area (Å²) >= 11 is 0. The molecular formula is C17H27N3O2. The van der Waals surface area contributed by atoms with Crippen molar-refractivity contribution in [2.24, 2.45) is 0 Å². The Morgan fingerprint density at radius 2 is 2.27 bits per heavy atom. The zero-order valence-corrected chi connectivity index (χ0v) is 13.7. The van der Waals surface area contributed by atoms with Crippen LogP contribution in [0.2, 0.25) is 0 Å². The van der Waals surface area contributed by atoms with E-state index in [1.165, 1.54) is 0 Å². The minimum absolute atomic E-state index is 0.138. The number of piperidine rings is 1. The number of aryl methyl sites for hydroxylation is 1. The summed E-state index contributed by atoms with van der Waals surface area (Å²) < 4.78 is 0. The molecule has 0 bridgehead atoms. The zero-order valence-electron chi connectivity index (χ0n) is 13.7. The minimum Gasteiger partial charge on any atom is -0.395 e. The molecule has 5 nitrogen and oxygen atoms in total. The van der Waals surface area contributed by atoms with Crippen molar-refractivity contribution in [3.63, 3.8) is 0 Å². The monoisotopic (exact) mass is 305 g/mol. The molecule has 1 aliphatic rings. The molecule has 5 heteroatoms. The molecule has 1 aromatic rings. The SMILES string of the molecule is CN(C)C(=O)CCc1cccc(C2CCCN(CCO)C2)n1. The summed E-state index contributed by atoms with van der Waals surface area (Å²) in [5.41, 5.74) is 2.12. The molecule has 0 saturated carbocycles. The van der Waals surface area contributed by atoms with Crippen molar-refractivity contribution in [1.29, 1.82) is 0 Å². The van der Waals surface area contributed by atoms with E-state index in [9.17, 15) is 4.79 Å². The van der Waals surface area contributed by atoms with Gasteiger partial charge in [-0.25, -0.2) is 0 Å². The van der Waals surface area contributed by atoms with Crippen LogP contribution in [-0.4, -0.2) is 66.1 Å². The van der Waals surface area contributed by atoms with Crippen LogP contribution < -0.4 is 0 Å². The number of nitrogens with zero attached hydrogens (tertiary/aromatic N) is 3. The lowest BCUT2D eigenvalue weighted by molar-refractivity contribution is -0.128. The van der Waals surface area contributed by atoms with Crippen molar-refractivity contribution in [3.05, 3.63) is 29.6 Å². The fraction of sp³-hybridized carbons (Fsp3) is 0.647. The minimum atomic E-state index is 0.138. The van der Waals surface area contributed by atoms with E-state index >= 15 is 0 Å². The molecule has 0 aromatic carbocycles. The number of hydrogen-bond donors (Lipinski definition) is 1. The van der Waals surface area contributed by atoms with Crippen LogP contribution in [-0.2, 0) is 11.2 Å². The molecule has 1 atom stereocenters. The standard InChI is InChI=1S/C17H27N3O2/c1-19(2)17(22)9-8-15-6-3-7-16(18-15)14-5-4-10-20(13-14)11-12-21/h3,6-7,14,21H,4-5,8-13H2,1-2H3. The first-order valence-electron chi connectivity index (χ1n) is 8.09. The number of aliphatic hydroxyl groups excluding tert-OH is 1. The Labute approximate surface area is 132 Å². The number of carbonyl (C=O) groups excluding carboxylic acids is 1. The summed E-state index contributed by atoms with van der Waals surface area (Å²) in [6.07, 6.45) is 3.49. The van der Waals surface area contributed by atoms with Gasteiger partial charge in [0.15, 0.2) is 0 Å². The Bertz CT molecular complexity index is 489. The number of aromatic nitrogens is 1. The maximum absolute atomic E-state index is 11.7. The van der Waals surface area contributed by atoms with Crippen LogP contribution in [0.5, 0.6) is 0 Å². The molecule has 0 radical (unpaired) electrons. The van der Waals surface area contributed by atoms with Gasteiger partial charge in [0.25, 0.3) is 0 Å². The quantitative estimate of drug-likeness (QED) is 0.860. The normalized spacial score (nSPS) is 19.1. The van der Waals surface area contributed by atoms with Gasteiger partial charge in [0.2, 0.25) is 5.91 Å². The van der Waals surface area contributed by atoms with Gasteiger partial charge in [-0.2, -0.15) is 0 Å². The Kier molecular flexibility index (Phi) is 6.34. The molecule has 0 spiro atoms. The van der Waals surface area contributed by atoms with E-state index in [0.29, 0.717) is 18.8 Å². The molecule has 0 aliphatic carbocycles. The first-order valence-corrected chi connectivity index (χ1v) is 8.09. The summed E-state index contributed by atoms with van der Waals surface area (Å²) in [6, 6.07) is 6.13. The maximum atomic E-state index is 11.7. The van der Waals surface area contributed by atoms with Crippen LogP contribution in [0.3, 0.4) is 0 Å². The first-order chi connectivity index (χ1) is 10.6. The van der Waals surface area contributed by atoms with E-state index in [2.05, 4.69) is 11.0 Å². The van der Waals surface area contributed by atoms with E-state index in [1.54, 1.807) is 19.0 Å². The molecule has 1 saturated heterocycles. The average molecular weight is 305 g/mol. The fourth-order valence-corrected chi connectivity index (χ4v) is 2.96. The fourth-order valence-electron chi connectivity index (χ4n) is 2.96. The van der Waals surface area contributed by atoms with Crippen molar-refractivity contribution in [1.82, 2.24) is 14.8 Å². The van der Waals surface area contributed by atoms with Gasteiger partial charge in [-0.15, -0.1) is 0 Å². The predicted octanol–water partition coefficient (Wildman–Crippen LogP) is 1.27. The summed E-state index contributed by atoms with van der Waals surface area (Å²) in [5, 5.41) is 9.09. The largest absolute Gasteiger partial charge is 0.395 e. The van der Waals surface area contributed by atoms with Crippen LogP contribution >= 0.6 is 0 Å². The molecular weight excluding hydrogens is 278 g/mol. The van der Waals surface area contributed by atoms with Gasteiger partial charge in [0, 0.05) is 50.9 Å². The number of likely N-dealkylation sites (tertiary alicyclic amines) is 1. The molecule has 1 unspecified atom stereocenters. The van der Waals surface area contributed by atoms with E-state index in [-0.39, 0.29) is 12.5 Å². The van der Waals surface area contributed by atoms with Gasteiger partial charge < -0.3 is 14.9 Å². The number of aliphatic hydroxyl groups is 1. The van der Waals surface area contributed by atoms with Gasteiger partial charge in [0.05, 0.1) is 6.61 Å². The molecule has 1 aromatic heterocycles. The van der Waals surface area contributed by atoms with Crippen molar-refractivity contribution in [2.45, 2.75) is 31.6 Å². The van der Waals surface area contributed by atoms with Gasteiger partial charge in [-0.3, -0.25) is 9.78 Å². The highest BCUT2D eigenvalue weighted by Crippen LogP contribution is 2.25. The van der Waals surface area contributed by atoms with Gasteiger partial charge in [-0.05, 0) is 37.9 Å². The molecule has 22 heavy (non-hydrogen) atoms. The summed E-state index contributed by atoms with van der Waals surface area (Å²) in [7, 11) is 3.56. The van der Waals surface area contributed by atoms with E-state index < -0.39 is 0 Å². The van der Waals surface area contributed by atoms with Gasteiger partial charge >= 0.3 is 0 Å². The zero-order chi connectivity index (χ0) is 15.9. The number of amides is 1. The predicted molar refractivity (Wildman–Crippen MR) is 86.8 cm³/mol. The van der Waals surface area contributed by atoms with Crippen LogP contribution in [0.1, 0.15) is 36.6 Å². The molecule has 1 aliphatic heterocycles. The second-order valence-corrected chi connectivity index (χ2v) is 6.21. The van der Waals surface area contributed by atoms with Crippen molar-refractivity contribution in [2.75, 3.05) is 40.3 Å². The maximum Gasteiger partial charge on any atom is 0.222 e. The second-order valence-electron chi connectivity index (χ2n) is 6.21. The summed E-state index contributed by atoms with van der Waals surface area (Å²) in [4.78, 5) is 20.4. The Morgan fingerprint density at radius 1 is 1.45 bits per heavy atom.